The second kappa shape index (κ2) is 7.82. The normalized spacial score (nSPS) is 15.8. The van der Waals surface area contributed by atoms with Gasteiger partial charge in [0.15, 0.2) is 0 Å². The molecule has 30 heavy (non-hydrogen) atoms. The fraction of sp³-hybridized carbons (Fsp3) is 0.280. The topological polar surface area (TPSA) is 51.9 Å². The number of carbonyl (C=O) groups excluding carboxylic acids is 1. The molecular weight excluding hydrogens is 372 g/mol. The van der Waals surface area contributed by atoms with Crippen LogP contribution in [0.2, 0.25) is 0 Å². The molecule has 0 spiro atoms. The number of carbonyl (C=O) groups is 1. The first-order valence-electron chi connectivity index (χ1n) is 10.7. The predicted molar refractivity (Wildman–Crippen MR) is 119 cm³/mol. The van der Waals surface area contributed by atoms with Gasteiger partial charge < -0.3 is 9.88 Å². The summed E-state index contributed by atoms with van der Waals surface area (Å²) in [5, 5.41) is 8.95. The molecule has 1 unspecified atom stereocenters. The molecule has 0 saturated heterocycles. The number of nitrogens with zero attached hydrogens (tertiary/aromatic N) is 3. The van der Waals surface area contributed by atoms with Crippen LogP contribution in [-0.2, 0) is 19.5 Å². The summed E-state index contributed by atoms with van der Waals surface area (Å²) in [6, 6.07) is 18.5. The average molecular weight is 399 g/mol. The van der Waals surface area contributed by atoms with Crippen LogP contribution < -0.4 is 5.32 Å². The molecule has 2 heterocycles. The maximum absolute atomic E-state index is 13.2. The summed E-state index contributed by atoms with van der Waals surface area (Å²) in [5.74, 6) is -0.00735. The number of hydrogen-bond donors (Lipinski definition) is 1. The molecule has 0 radical (unpaired) electrons. The molecule has 152 valence electrons. The molecule has 0 bridgehead atoms. The third kappa shape index (κ3) is 3.30. The summed E-state index contributed by atoms with van der Waals surface area (Å²) in [7, 11) is 0. The third-order valence-corrected chi connectivity index (χ3v) is 6.12. The van der Waals surface area contributed by atoms with Gasteiger partial charge in [-0.05, 0) is 37.8 Å². The van der Waals surface area contributed by atoms with Gasteiger partial charge in [-0.15, -0.1) is 0 Å². The summed E-state index contributed by atoms with van der Waals surface area (Å²) < 4.78 is 4.22. The number of aromatic nitrogens is 3. The van der Waals surface area contributed by atoms with Crippen LogP contribution in [0.15, 0.2) is 67.0 Å². The van der Waals surface area contributed by atoms with Gasteiger partial charge in [-0.3, -0.25) is 9.48 Å². The zero-order chi connectivity index (χ0) is 20.5. The highest BCUT2D eigenvalue weighted by atomic mass is 16.1. The van der Waals surface area contributed by atoms with Gasteiger partial charge in [-0.2, -0.15) is 5.10 Å². The van der Waals surface area contributed by atoms with Crippen LogP contribution in [0.4, 0.5) is 0 Å². The van der Waals surface area contributed by atoms with E-state index in [9.17, 15) is 4.79 Å². The van der Waals surface area contributed by atoms with E-state index in [1.54, 1.807) is 0 Å². The first-order valence-corrected chi connectivity index (χ1v) is 10.7. The highest BCUT2D eigenvalue weighted by molar-refractivity contribution is 6.07. The van der Waals surface area contributed by atoms with Crippen molar-refractivity contribution in [2.45, 2.75) is 45.3 Å². The van der Waals surface area contributed by atoms with Crippen molar-refractivity contribution in [3.8, 4) is 0 Å². The Morgan fingerprint density at radius 3 is 2.77 bits per heavy atom. The summed E-state index contributed by atoms with van der Waals surface area (Å²) in [6.07, 6.45) is 6.92. The molecular formula is C25H26N4O. The highest BCUT2D eigenvalue weighted by Gasteiger charge is 2.27. The second-order valence-corrected chi connectivity index (χ2v) is 7.95. The minimum Gasteiger partial charge on any atom is -0.347 e. The van der Waals surface area contributed by atoms with Crippen molar-refractivity contribution in [2.24, 2.45) is 0 Å². The highest BCUT2D eigenvalue weighted by Crippen LogP contribution is 2.31. The first-order chi connectivity index (χ1) is 14.7. The number of amides is 1. The Bertz CT molecular complexity index is 1190. The lowest BCUT2D eigenvalue weighted by molar-refractivity contribution is 0.0934. The van der Waals surface area contributed by atoms with Crippen molar-refractivity contribution in [1.29, 1.82) is 0 Å². The number of aryl methyl sites for hydroxylation is 1. The van der Waals surface area contributed by atoms with Gasteiger partial charge in [0.05, 0.1) is 24.3 Å². The molecule has 0 aliphatic heterocycles. The number of nitrogens with one attached hydrogen (secondary N) is 1. The predicted octanol–water partition coefficient (Wildman–Crippen LogP) is 4.71. The van der Waals surface area contributed by atoms with Crippen LogP contribution in [-0.4, -0.2) is 20.3 Å². The molecule has 2 aromatic heterocycles. The first kappa shape index (κ1) is 18.7. The van der Waals surface area contributed by atoms with Gasteiger partial charge in [0.2, 0.25) is 0 Å². The van der Waals surface area contributed by atoms with Gasteiger partial charge in [-0.25, -0.2) is 0 Å². The standard InChI is InChI=1S/C25H26N4O/c1-2-28-17-21(19-11-6-7-13-23(19)28)25(30)27-22-12-8-14-24-20(22)15-26-29(24)16-18-9-4-3-5-10-18/h3-7,9-11,13,15,17,22H,2,8,12,14,16H2,1H3,(H,27,30). The lowest BCUT2D eigenvalue weighted by Crippen LogP contribution is -2.31. The van der Waals surface area contributed by atoms with E-state index in [0.717, 1.165) is 54.4 Å². The summed E-state index contributed by atoms with van der Waals surface area (Å²) in [6.45, 7) is 3.71. The van der Waals surface area contributed by atoms with E-state index in [-0.39, 0.29) is 11.9 Å². The van der Waals surface area contributed by atoms with E-state index < -0.39 is 0 Å². The zero-order valence-electron chi connectivity index (χ0n) is 17.2. The average Bonchev–Trinajstić information content (AvgIpc) is 3.37. The minimum absolute atomic E-state index is 0.00735. The van der Waals surface area contributed by atoms with Crippen LogP contribution in [0.5, 0.6) is 0 Å². The Hall–Kier alpha value is -3.34. The lowest BCUT2D eigenvalue weighted by atomic mass is 9.92. The zero-order valence-corrected chi connectivity index (χ0v) is 17.2. The molecule has 5 heteroatoms. The van der Waals surface area contributed by atoms with Crippen LogP contribution >= 0.6 is 0 Å². The van der Waals surface area contributed by atoms with E-state index in [0.29, 0.717) is 0 Å². The van der Waals surface area contributed by atoms with Gasteiger partial charge in [-0.1, -0.05) is 48.5 Å². The Morgan fingerprint density at radius 1 is 1.13 bits per heavy atom. The number of rotatable bonds is 5. The van der Waals surface area contributed by atoms with Crippen molar-refractivity contribution in [3.05, 3.63) is 89.4 Å². The Kier molecular flexibility index (Phi) is 4.87. The van der Waals surface area contributed by atoms with Gasteiger partial charge in [0.1, 0.15) is 0 Å². The van der Waals surface area contributed by atoms with E-state index in [1.807, 2.05) is 36.7 Å². The number of hydrogen-bond acceptors (Lipinski definition) is 2. The van der Waals surface area contributed by atoms with Gasteiger partial charge in [0, 0.05) is 34.9 Å². The lowest BCUT2D eigenvalue weighted by Gasteiger charge is -2.24. The van der Waals surface area contributed by atoms with Crippen LogP contribution in [0, 0.1) is 0 Å². The number of para-hydroxylation sites is 1. The van der Waals surface area contributed by atoms with Crippen molar-refractivity contribution in [1.82, 2.24) is 19.7 Å². The van der Waals surface area contributed by atoms with Crippen molar-refractivity contribution in [3.63, 3.8) is 0 Å². The molecule has 1 aliphatic carbocycles. The van der Waals surface area contributed by atoms with E-state index in [1.165, 1.54) is 11.3 Å². The third-order valence-electron chi connectivity index (χ3n) is 6.12. The van der Waals surface area contributed by atoms with Crippen LogP contribution in [0.1, 0.15) is 53.0 Å². The number of fused-ring (bicyclic) bond motifs is 2. The largest absolute Gasteiger partial charge is 0.347 e. The fourth-order valence-electron chi connectivity index (χ4n) is 4.59. The molecule has 5 rings (SSSR count). The monoisotopic (exact) mass is 398 g/mol. The van der Waals surface area contributed by atoms with Crippen molar-refractivity contribution in [2.75, 3.05) is 0 Å². The minimum atomic E-state index is -0.00735. The Balaban J connectivity index is 1.40. The molecule has 4 aromatic rings. The quantitative estimate of drug-likeness (QED) is 0.529. The smallest absolute Gasteiger partial charge is 0.253 e. The van der Waals surface area contributed by atoms with Crippen LogP contribution in [0.25, 0.3) is 10.9 Å². The summed E-state index contributed by atoms with van der Waals surface area (Å²) in [4.78, 5) is 13.2. The molecule has 1 amide bonds. The van der Waals surface area contributed by atoms with E-state index >= 15 is 0 Å². The Labute approximate surface area is 176 Å². The molecule has 0 saturated carbocycles. The second-order valence-electron chi connectivity index (χ2n) is 7.95. The van der Waals surface area contributed by atoms with Crippen LogP contribution in [0.3, 0.4) is 0 Å². The van der Waals surface area contributed by atoms with Crippen molar-refractivity contribution < 1.29 is 4.79 Å². The van der Waals surface area contributed by atoms with Gasteiger partial charge >= 0.3 is 0 Å². The molecule has 1 N–H and O–H groups in total. The maximum atomic E-state index is 13.2. The molecule has 2 aromatic carbocycles. The van der Waals surface area contributed by atoms with Crippen molar-refractivity contribution >= 4 is 16.8 Å². The maximum Gasteiger partial charge on any atom is 0.253 e. The Morgan fingerprint density at radius 2 is 1.93 bits per heavy atom. The molecule has 1 aliphatic rings. The SMILES string of the molecule is CCn1cc(C(=O)NC2CCCc3c2cnn3Cc2ccccc2)c2ccccc21. The van der Waals surface area contributed by atoms with E-state index in [2.05, 4.69) is 56.9 Å². The molecule has 5 nitrogen and oxygen atoms in total. The fourth-order valence-corrected chi connectivity index (χ4v) is 4.59. The molecule has 0 fully saturated rings. The molecule has 1 atom stereocenters. The summed E-state index contributed by atoms with van der Waals surface area (Å²) in [5.41, 5.74) is 5.49. The van der Waals surface area contributed by atoms with E-state index in [4.69, 9.17) is 0 Å². The van der Waals surface area contributed by atoms with Gasteiger partial charge in [0.25, 0.3) is 5.91 Å². The number of benzene rings is 2. The summed E-state index contributed by atoms with van der Waals surface area (Å²) >= 11 is 0.